The summed E-state index contributed by atoms with van der Waals surface area (Å²) in [6.07, 6.45) is 0.892. The molecule has 0 aliphatic carbocycles. The van der Waals surface area contributed by atoms with Crippen LogP contribution in [0.1, 0.15) is 29.8 Å². The highest BCUT2D eigenvalue weighted by molar-refractivity contribution is 6.45. The van der Waals surface area contributed by atoms with E-state index in [1.54, 1.807) is 0 Å². The number of nitrogens with zero attached hydrogens (tertiary/aromatic N) is 3. The zero-order valence-electron chi connectivity index (χ0n) is 17.8. The van der Waals surface area contributed by atoms with Crippen molar-refractivity contribution < 1.29 is 28.3 Å². The largest absolute Gasteiger partial charge is 0.449 e. The summed E-state index contributed by atoms with van der Waals surface area (Å²) < 4.78 is 19.8. The molecule has 0 atom stereocenters. The third-order valence-electron chi connectivity index (χ3n) is 5.30. The molecule has 11 heteroatoms. The van der Waals surface area contributed by atoms with Crippen LogP contribution in [0.3, 0.4) is 0 Å². The number of carbonyl (C=O) groups is 3. The van der Waals surface area contributed by atoms with E-state index in [0.717, 1.165) is 0 Å². The number of ether oxygens (including phenoxy) is 1. The number of aromatic amines is 1. The molecular weight excluding hydrogens is 421 g/mol. The second kappa shape index (κ2) is 8.95. The highest BCUT2D eigenvalue weighted by Gasteiger charge is 2.31. The number of hydrogen-bond donors (Lipinski definition) is 2. The molecule has 1 aromatic heterocycles. The summed E-state index contributed by atoms with van der Waals surface area (Å²) in [5.41, 5.74) is 3.45. The van der Waals surface area contributed by atoms with E-state index in [1.807, 2.05) is 13.8 Å². The van der Waals surface area contributed by atoms with Gasteiger partial charge in [-0.2, -0.15) is 0 Å². The third-order valence-corrected chi connectivity index (χ3v) is 5.30. The number of hydrogen-bond acceptors (Lipinski definition) is 7. The van der Waals surface area contributed by atoms with Gasteiger partial charge < -0.3 is 19.5 Å². The summed E-state index contributed by atoms with van der Waals surface area (Å²) in [4.78, 5) is 52.7. The lowest BCUT2D eigenvalue weighted by atomic mass is 10.0. The van der Waals surface area contributed by atoms with E-state index < -0.39 is 23.6 Å². The molecule has 0 unspecified atom stereocenters. The fourth-order valence-electron chi connectivity index (χ4n) is 3.63. The number of nitrogens with one attached hydrogen (secondary N) is 2. The number of carbonyl (C=O) groups excluding carboxylic acids is 3. The van der Waals surface area contributed by atoms with Gasteiger partial charge >= 0.3 is 6.09 Å². The molecule has 0 spiro atoms. The SMILES string of the molecule is CC(C)COC(=O)N1CCN(C(=O)C(=O)c2c[nH]c3c(C4=NCON4)ccc(F)c23)CC1. The number of halogens is 1. The quantitative estimate of drug-likeness (QED) is 0.534. The molecule has 0 saturated carbocycles. The van der Waals surface area contributed by atoms with Gasteiger partial charge in [0.05, 0.1) is 17.7 Å². The molecule has 2 aliphatic heterocycles. The van der Waals surface area contributed by atoms with Crippen molar-refractivity contribution in [3.8, 4) is 0 Å². The number of aromatic nitrogens is 1. The fourth-order valence-corrected chi connectivity index (χ4v) is 3.63. The topological polar surface area (TPSA) is 116 Å². The standard InChI is InChI=1S/C21H24FN5O5/c1-12(2)10-31-21(30)27-7-5-26(6-8-27)20(29)18(28)14-9-23-17-13(19-24-11-32-25-19)3-4-15(22)16(14)17/h3-4,9,12,23H,5-8,10-11H2,1-2H3,(H,24,25). The van der Waals surface area contributed by atoms with Crippen LogP contribution < -0.4 is 5.48 Å². The average molecular weight is 445 g/mol. The lowest BCUT2D eigenvalue weighted by Gasteiger charge is -2.33. The Kier molecular flexibility index (Phi) is 6.08. The normalized spacial score (nSPS) is 16.3. The molecule has 10 nitrogen and oxygen atoms in total. The molecule has 3 heterocycles. The van der Waals surface area contributed by atoms with E-state index in [1.165, 1.54) is 28.1 Å². The molecule has 1 aromatic carbocycles. The van der Waals surface area contributed by atoms with Crippen LogP contribution in [-0.4, -0.2) is 77.9 Å². The van der Waals surface area contributed by atoms with Crippen LogP contribution >= 0.6 is 0 Å². The summed E-state index contributed by atoms with van der Waals surface area (Å²) in [5, 5.41) is 0.0214. The molecule has 0 radical (unpaired) electrons. The number of fused-ring (bicyclic) bond motifs is 1. The van der Waals surface area contributed by atoms with Crippen molar-refractivity contribution in [3.05, 3.63) is 35.3 Å². The number of rotatable bonds is 5. The Hall–Kier alpha value is -3.47. The summed E-state index contributed by atoms with van der Waals surface area (Å²) >= 11 is 0. The summed E-state index contributed by atoms with van der Waals surface area (Å²) in [6, 6.07) is 2.74. The maximum absolute atomic E-state index is 14.6. The van der Waals surface area contributed by atoms with Crippen LogP contribution in [0.5, 0.6) is 0 Å². The number of ketones is 1. The second-order valence-electron chi connectivity index (χ2n) is 8.01. The van der Waals surface area contributed by atoms with Crippen molar-refractivity contribution in [1.82, 2.24) is 20.3 Å². The minimum absolute atomic E-state index is 0.0214. The molecule has 2 aromatic rings. The molecule has 1 saturated heterocycles. The van der Waals surface area contributed by atoms with Crippen LogP contribution in [0.2, 0.25) is 0 Å². The third kappa shape index (κ3) is 4.15. The van der Waals surface area contributed by atoms with Crippen LogP contribution in [0, 0.1) is 11.7 Å². The van der Waals surface area contributed by atoms with Gasteiger partial charge in [-0.1, -0.05) is 13.8 Å². The van der Waals surface area contributed by atoms with Gasteiger partial charge in [0.2, 0.25) is 0 Å². The Balaban J connectivity index is 1.48. The number of piperazine rings is 1. The number of aliphatic imine (C=N–C) groups is 1. The van der Waals surface area contributed by atoms with Crippen LogP contribution in [-0.2, 0) is 14.4 Å². The molecule has 0 bridgehead atoms. The van der Waals surface area contributed by atoms with Gasteiger partial charge in [-0.3, -0.25) is 14.4 Å². The van der Waals surface area contributed by atoms with Crippen molar-refractivity contribution in [3.63, 3.8) is 0 Å². The van der Waals surface area contributed by atoms with Crippen LogP contribution in [0.4, 0.5) is 9.18 Å². The number of Topliss-reactive ketones (excluding diaryl/α,β-unsaturated/α-hetero) is 1. The Morgan fingerprint density at radius 3 is 2.56 bits per heavy atom. The molecule has 2 aliphatic rings. The van der Waals surface area contributed by atoms with Crippen molar-refractivity contribution >= 4 is 34.5 Å². The molecule has 2 amide bonds. The number of benzene rings is 1. The smallest absolute Gasteiger partial charge is 0.409 e. The first kappa shape index (κ1) is 21.8. The first-order chi connectivity index (χ1) is 15.4. The maximum atomic E-state index is 14.6. The molecule has 1 fully saturated rings. The molecule has 32 heavy (non-hydrogen) atoms. The Labute approximate surface area is 183 Å². The monoisotopic (exact) mass is 445 g/mol. The summed E-state index contributed by atoms with van der Waals surface area (Å²) in [7, 11) is 0. The maximum Gasteiger partial charge on any atom is 0.409 e. The zero-order chi connectivity index (χ0) is 22.8. The number of amides is 2. The van der Waals surface area contributed by atoms with E-state index in [-0.39, 0.29) is 49.8 Å². The van der Waals surface area contributed by atoms with Crippen molar-refractivity contribution in [2.75, 3.05) is 39.5 Å². The van der Waals surface area contributed by atoms with Crippen molar-refractivity contribution in [2.24, 2.45) is 10.9 Å². The highest BCUT2D eigenvalue weighted by atomic mass is 19.1. The average Bonchev–Trinajstić information content (AvgIpc) is 3.48. The van der Waals surface area contributed by atoms with Gasteiger partial charge in [0, 0.05) is 43.3 Å². The van der Waals surface area contributed by atoms with Gasteiger partial charge in [0.15, 0.2) is 12.6 Å². The van der Waals surface area contributed by atoms with Gasteiger partial charge in [-0.25, -0.2) is 19.7 Å². The predicted octanol–water partition coefficient (Wildman–Crippen LogP) is 1.67. The Morgan fingerprint density at radius 2 is 1.91 bits per heavy atom. The summed E-state index contributed by atoms with van der Waals surface area (Å²) in [5.74, 6) is -1.56. The minimum atomic E-state index is -0.819. The van der Waals surface area contributed by atoms with E-state index in [9.17, 15) is 18.8 Å². The van der Waals surface area contributed by atoms with Gasteiger partial charge in [0.1, 0.15) is 5.82 Å². The van der Waals surface area contributed by atoms with Crippen LogP contribution in [0.15, 0.2) is 23.3 Å². The molecular formula is C21H24FN5O5. The van der Waals surface area contributed by atoms with E-state index in [4.69, 9.17) is 9.57 Å². The molecule has 2 N–H and O–H groups in total. The van der Waals surface area contributed by atoms with Crippen molar-refractivity contribution in [2.45, 2.75) is 13.8 Å². The number of amidine groups is 1. The number of hydroxylamine groups is 1. The van der Waals surface area contributed by atoms with Crippen molar-refractivity contribution in [1.29, 1.82) is 0 Å². The fraction of sp³-hybridized carbons (Fsp3) is 0.429. The van der Waals surface area contributed by atoms with Gasteiger partial charge in [-0.05, 0) is 18.1 Å². The Bertz CT molecular complexity index is 1090. The lowest BCUT2D eigenvalue weighted by Crippen LogP contribution is -2.52. The predicted molar refractivity (Wildman–Crippen MR) is 113 cm³/mol. The first-order valence-corrected chi connectivity index (χ1v) is 10.3. The van der Waals surface area contributed by atoms with Crippen LogP contribution in [0.25, 0.3) is 10.9 Å². The first-order valence-electron chi connectivity index (χ1n) is 10.3. The molecule has 170 valence electrons. The minimum Gasteiger partial charge on any atom is -0.449 e. The van der Waals surface area contributed by atoms with E-state index in [2.05, 4.69) is 15.5 Å². The number of H-pyrrole nitrogens is 1. The van der Waals surface area contributed by atoms with Gasteiger partial charge in [-0.15, -0.1) is 0 Å². The zero-order valence-corrected chi connectivity index (χ0v) is 17.8. The Morgan fingerprint density at radius 1 is 1.19 bits per heavy atom. The highest BCUT2D eigenvalue weighted by Crippen LogP contribution is 2.27. The summed E-state index contributed by atoms with van der Waals surface area (Å²) in [6.45, 7) is 5.22. The molecule has 4 rings (SSSR count). The lowest BCUT2D eigenvalue weighted by molar-refractivity contribution is -0.128. The van der Waals surface area contributed by atoms with E-state index in [0.29, 0.717) is 23.5 Å². The van der Waals surface area contributed by atoms with E-state index >= 15 is 0 Å². The second-order valence-corrected chi connectivity index (χ2v) is 8.01. The van der Waals surface area contributed by atoms with Gasteiger partial charge in [0.25, 0.3) is 11.7 Å².